The minimum absolute atomic E-state index is 0.0482. The molecule has 0 unspecified atom stereocenters. The van der Waals surface area contributed by atoms with Crippen molar-refractivity contribution in [1.82, 2.24) is 15.4 Å². The van der Waals surface area contributed by atoms with E-state index in [2.05, 4.69) is 20.7 Å². The Kier molecular flexibility index (Phi) is 2.77. The average Bonchev–Trinajstić information content (AvgIpc) is 2.99. The van der Waals surface area contributed by atoms with E-state index in [0.29, 0.717) is 17.6 Å². The van der Waals surface area contributed by atoms with Crippen molar-refractivity contribution in [2.45, 2.75) is 6.42 Å². The Morgan fingerprint density at radius 3 is 3.06 bits per heavy atom. The van der Waals surface area contributed by atoms with Crippen molar-refractivity contribution in [3.05, 3.63) is 40.6 Å². The summed E-state index contributed by atoms with van der Waals surface area (Å²) in [5, 5.41) is 15.4. The molecule has 0 aliphatic rings. The van der Waals surface area contributed by atoms with Gasteiger partial charge < -0.3 is 5.32 Å². The summed E-state index contributed by atoms with van der Waals surface area (Å²) in [7, 11) is 0. The fourth-order valence-electron chi connectivity index (χ4n) is 1.73. The zero-order valence-corrected chi connectivity index (χ0v) is 10.2. The number of nitrogens with zero attached hydrogens (tertiary/aromatic N) is 2. The molecule has 5 nitrogen and oxygen atoms in total. The second-order valence-electron chi connectivity index (χ2n) is 3.80. The van der Waals surface area contributed by atoms with E-state index in [4.69, 9.17) is 0 Å². The maximum Gasteiger partial charge on any atom is 0.229 e. The molecule has 3 rings (SSSR count). The Hall–Kier alpha value is -2.21. The summed E-state index contributed by atoms with van der Waals surface area (Å²) < 4.78 is 0. The van der Waals surface area contributed by atoms with Crippen LogP contribution < -0.4 is 5.32 Å². The highest BCUT2D eigenvalue weighted by atomic mass is 32.1. The number of thiophene rings is 1. The van der Waals surface area contributed by atoms with Crippen molar-refractivity contribution < 1.29 is 4.79 Å². The first-order valence-corrected chi connectivity index (χ1v) is 6.32. The molecule has 1 aromatic carbocycles. The van der Waals surface area contributed by atoms with E-state index in [1.54, 1.807) is 11.3 Å². The van der Waals surface area contributed by atoms with Gasteiger partial charge in [-0.15, -0.1) is 11.3 Å². The van der Waals surface area contributed by atoms with Gasteiger partial charge in [-0.05, 0) is 23.6 Å². The van der Waals surface area contributed by atoms with Crippen LogP contribution >= 0.6 is 11.3 Å². The molecule has 0 spiro atoms. The van der Waals surface area contributed by atoms with Crippen LogP contribution in [0.1, 0.15) is 4.88 Å². The summed E-state index contributed by atoms with van der Waals surface area (Å²) in [6, 6.07) is 9.38. The van der Waals surface area contributed by atoms with Gasteiger partial charge in [0, 0.05) is 4.88 Å². The van der Waals surface area contributed by atoms with Crippen molar-refractivity contribution in [3.63, 3.8) is 0 Å². The number of hydrogen-bond acceptors (Lipinski definition) is 4. The van der Waals surface area contributed by atoms with Crippen LogP contribution in [0, 0.1) is 0 Å². The van der Waals surface area contributed by atoms with E-state index in [0.717, 1.165) is 10.4 Å². The first-order valence-electron chi connectivity index (χ1n) is 5.44. The number of hydrogen-bond donors (Lipinski definition) is 2. The van der Waals surface area contributed by atoms with Gasteiger partial charge in [0.05, 0.1) is 12.1 Å². The van der Waals surface area contributed by atoms with Crippen molar-refractivity contribution in [1.29, 1.82) is 0 Å². The third kappa shape index (κ3) is 2.10. The molecule has 0 saturated carbocycles. The molecule has 0 aliphatic heterocycles. The summed E-state index contributed by atoms with van der Waals surface area (Å²) in [6.45, 7) is 0. The summed E-state index contributed by atoms with van der Waals surface area (Å²) in [5.74, 6) is -0.0482. The number of amides is 1. The van der Waals surface area contributed by atoms with Crippen LogP contribution in [0.4, 0.5) is 5.69 Å². The fraction of sp³-hybridized carbons (Fsp3) is 0.0833. The molecule has 0 radical (unpaired) electrons. The second kappa shape index (κ2) is 4.58. The first kappa shape index (κ1) is 10.9. The highest BCUT2D eigenvalue weighted by Gasteiger charge is 2.09. The van der Waals surface area contributed by atoms with Crippen molar-refractivity contribution in [2.75, 3.05) is 5.32 Å². The summed E-state index contributed by atoms with van der Waals surface area (Å²) in [4.78, 5) is 12.9. The monoisotopic (exact) mass is 258 g/mol. The Morgan fingerprint density at radius 1 is 1.28 bits per heavy atom. The number of carbonyl (C=O) groups is 1. The second-order valence-corrected chi connectivity index (χ2v) is 4.83. The third-order valence-corrected chi connectivity index (χ3v) is 3.41. The van der Waals surface area contributed by atoms with Crippen molar-refractivity contribution in [2.24, 2.45) is 0 Å². The third-order valence-electron chi connectivity index (χ3n) is 2.54. The van der Waals surface area contributed by atoms with E-state index in [9.17, 15) is 4.79 Å². The van der Waals surface area contributed by atoms with E-state index in [1.807, 2.05) is 35.7 Å². The molecule has 2 N–H and O–H groups in total. The van der Waals surface area contributed by atoms with Gasteiger partial charge in [0.15, 0.2) is 0 Å². The first-order chi connectivity index (χ1) is 8.83. The highest BCUT2D eigenvalue weighted by Crippen LogP contribution is 2.19. The van der Waals surface area contributed by atoms with E-state index >= 15 is 0 Å². The topological polar surface area (TPSA) is 70.7 Å². The number of aromatic nitrogens is 3. The Morgan fingerprint density at radius 2 is 2.22 bits per heavy atom. The molecule has 0 bridgehead atoms. The quantitative estimate of drug-likeness (QED) is 0.756. The minimum atomic E-state index is -0.0482. The lowest BCUT2D eigenvalue weighted by Crippen LogP contribution is -2.13. The summed E-state index contributed by atoms with van der Waals surface area (Å²) in [5.41, 5.74) is 2.10. The smallest absolute Gasteiger partial charge is 0.229 e. The molecule has 3 aromatic rings. The van der Waals surface area contributed by atoms with E-state index < -0.39 is 0 Å². The highest BCUT2D eigenvalue weighted by molar-refractivity contribution is 7.10. The van der Waals surface area contributed by atoms with Crippen LogP contribution in [0.15, 0.2) is 35.7 Å². The molecule has 2 aromatic heterocycles. The molecule has 2 heterocycles. The molecule has 18 heavy (non-hydrogen) atoms. The molecule has 6 heteroatoms. The molecule has 1 amide bonds. The molecule has 90 valence electrons. The standard InChI is InChI=1S/C12H10N4OS/c17-11(7-8-3-2-6-18-8)13-9-4-1-5-10-12(9)15-16-14-10/h1-6H,7H2,(H,13,17)(H,14,15,16). The molecule has 0 atom stereocenters. The lowest BCUT2D eigenvalue weighted by atomic mass is 10.2. The van der Waals surface area contributed by atoms with Crippen molar-refractivity contribution >= 4 is 34.0 Å². The lowest BCUT2D eigenvalue weighted by molar-refractivity contribution is -0.115. The maximum absolute atomic E-state index is 11.9. The van der Waals surface area contributed by atoms with Gasteiger partial charge >= 0.3 is 0 Å². The lowest BCUT2D eigenvalue weighted by Gasteiger charge is -2.04. The number of aromatic amines is 1. The number of carbonyl (C=O) groups excluding carboxylic acids is 1. The van der Waals surface area contributed by atoms with Crippen LogP contribution in [0.2, 0.25) is 0 Å². The Balaban J connectivity index is 1.80. The van der Waals surface area contributed by atoms with Gasteiger partial charge in [-0.1, -0.05) is 12.1 Å². The van der Waals surface area contributed by atoms with Crippen LogP contribution in [-0.2, 0) is 11.2 Å². The van der Waals surface area contributed by atoms with Gasteiger partial charge in [-0.2, -0.15) is 15.4 Å². The predicted octanol–water partition coefficient (Wildman–Crippen LogP) is 2.20. The maximum atomic E-state index is 11.9. The van der Waals surface area contributed by atoms with Crippen molar-refractivity contribution in [3.8, 4) is 0 Å². The van der Waals surface area contributed by atoms with Gasteiger partial charge in [-0.3, -0.25) is 4.79 Å². The number of rotatable bonds is 3. The number of H-pyrrole nitrogens is 1. The average molecular weight is 258 g/mol. The predicted molar refractivity (Wildman–Crippen MR) is 70.5 cm³/mol. The SMILES string of the molecule is O=C(Cc1cccs1)Nc1cccc2n[nH]nc12. The number of para-hydroxylation sites is 1. The number of benzene rings is 1. The van der Waals surface area contributed by atoms with Crippen LogP contribution in [0.25, 0.3) is 11.0 Å². The molecular formula is C12H10N4OS. The molecule has 0 saturated heterocycles. The zero-order chi connectivity index (χ0) is 12.4. The fourth-order valence-corrected chi connectivity index (χ4v) is 2.44. The summed E-state index contributed by atoms with van der Waals surface area (Å²) in [6.07, 6.45) is 0.381. The number of anilines is 1. The van der Waals surface area contributed by atoms with Gasteiger partial charge in [0.1, 0.15) is 11.0 Å². The molecule has 0 aliphatic carbocycles. The van der Waals surface area contributed by atoms with Crippen LogP contribution in [0.3, 0.4) is 0 Å². The van der Waals surface area contributed by atoms with Gasteiger partial charge in [0.25, 0.3) is 0 Å². The molecular weight excluding hydrogens is 248 g/mol. The van der Waals surface area contributed by atoms with Crippen LogP contribution in [0.5, 0.6) is 0 Å². The number of fused-ring (bicyclic) bond motifs is 1. The van der Waals surface area contributed by atoms with Crippen LogP contribution in [-0.4, -0.2) is 21.3 Å². The Labute approximate surface area is 107 Å². The molecule has 0 fully saturated rings. The van der Waals surface area contributed by atoms with E-state index in [-0.39, 0.29) is 5.91 Å². The van der Waals surface area contributed by atoms with Gasteiger partial charge in [-0.25, -0.2) is 0 Å². The summed E-state index contributed by atoms with van der Waals surface area (Å²) >= 11 is 1.57. The zero-order valence-electron chi connectivity index (χ0n) is 9.38. The van der Waals surface area contributed by atoms with Gasteiger partial charge in [0.2, 0.25) is 5.91 Å². The minimum Gasteiger partial charge on any atom is -0.324 e. The largest absolute Gasteiger partial charge is 0.324 e. The number of nitrogens with one attached hydrogen (secondary N) is 2. The van der Waals surface area contributed by atoms with E-state index in [1.165, 1.54) is 0 Å². The normalized spacial score (nSPS) is 10.7. The Bertz CT molecular complexity index is 674.